The van der Waals surface area contributed by atoms with Crippen LogP contribution < -0.4 is 0 Å². The number of alkyl halides is 2. The van der Waals surface area contributed by atoms with Crippen molar-refractivity contribution in [2.45, 2.75) is 37.4 Å². The first-order valence-electron chi connectivity index (χ1n) is 6.39. The number of carbonyl (C=O) groups excluding carboxylic acids is 1. The first kappa shape index (κ1) is 15.2. The molecule has 2 unspecified atom stereocenters. The molecule has 108 valence electrons. The molecule has 0 aliphatic carbocycles. The van der Waals surface area contributed by atoms with Crippen molar-refractivity contribution in [3.63, 3.8) is 0 Å². The predicted molar refractivity (Wildman–Crippen MR) is 78.4 cm³/mol. The predicted octanol–water partition coefficient (Wildman–Crippen LogP) is 4.83. The molecule has 3 nitrogen and oxygen atoms in total. The van der Waals surface area contributed by atoms with Crippen LogP contribution in [0.5, 0.6) is 0 Å². The van der Waals surface area contributed by atoms with Gasteiger partial charge in [-0.05, 0) is 38.1 Å². The molecule has 0 aliphatic rings. The average molecular weight is 315 g/mol. The van der Waals surface area contributed by atoms with Crippen LogP contribution in [0.3, 0.4) is 0 Å². The van der Waals surface area contributed by atoms with Crippen LogP contribution in [-0.2, 0) is 16.6 Å². The molecular weight excluding hydrogens is 299 g/mol. The van der Waals surface area contributed by atoms with E-state index in [0.717, 1.165) is 0 Å². The van der Waals surface area contributed by atoms with E-state index in [1.807, 2.05) is 13.8 Å². The lowest BCUT2D eigenvalue weighted by Crippen LogP contribution is -2.15. The molecule has 20 heavy (non-hydrogen) atoms. The molecule has 2 rings (SSSR count). The van der Waals surface area contributed by atoms with E-state index in [0.29, 0.717) is 34.8 Å². The first-order valence-corrected chi connectivity index (χ1v) is 7.46. The van der Waals surface area contributed by atoms with Crippen LogP contribution in [0.15, 0.2) is 33.1 Å². The Morgan fingerprint density at radius 2 is 1.35 bits per heavy atom. The topological polar surface area (TPSA) is 43.4 Å². The largest absolute Gasteiger partial charge is 0.464 e. The SMILES string of the molecule is CC(C(=O)C(C)c1ccc(CCl)o1)c1ccc(CCl)o1. The minimum Gasteiger partial charge on any atom is -0.464 e. The fraction of sp³-hybridized carbons (Fsp3) is 0.400. The zero-order valence-corrected chi connectivity index (χ0v) is 12.9. The Labute approximate surface area is 127 Å². The molecule has 0 radical (unpaired) electrons. The molecule has 2 heterocycles. The summed E-state index contributed by atoms with van der Waals surface area (Å²) in [6, 6.07) is 7.16. The summed E-state index contributed by atoms with van der Waals surface area (Å²) in [4.78, 5) is 12.5. The van der Waals surface area contributed by atoms with Crippen molar-refractivity contribution in [1.82, 2.24) is 0 Å². The second-order valence-corrected chi connectivity index (χ2v) is 5.26. The summed E-state index contributed by atoms with van der Waals surface area (Å²) >= 11 is 11.4. The van der Waals surface area contributed by atoms with Gasteiger partial charge in [0.15, 0.2) is 5.78 Å². The molecular formula is C15H16Cl2O3. The third-order valence-electron chi connectivity index (χ3n) is 3.34. The molecule has 2 atom stereocenters. The Kier molecular flexibility index (Phi) is 4.95. The second kappa shape index (κ2) is 6.51. The van der Waals surface area contributed by atoms with Crippen molar-refractivity contribution in [2.24, 2.45) is 0 Å². The molecule has 0 spiro atoms. The summed E-state index contributed by atoms with van der Waals surface area (Å²) in [5.41, 5.74) is 0. The van der Waals surface area contributed by atoms with Gasteiger partial charge in [0.05, 0.1) is 23.6 Å². The highest BCUT2D eigenvalue weighted by Crippen LogP contribution is 2.28. The molecule has 0 aliphatic heterocycles. The standard InChI is InChI=1S/C15H16Cl2O3/c1-9(13-5-3-11(7-16)19-13)15(18)10(2)14-6-4-12(8-17)20-14/h3-6,9-10H,7-8H2,1-2H3. The molecule has 0 N–H and O–H groups in total. The number of Topliss-reactive ketones (excluding diaryl/α,β-unsaturated/α-hetero) is 1. The van der Waals surface area contributed by atoms with Crippen molar-refractivity contribution in [1.29, 1.82) is 0 Å². The maximum Gasteiger partial charge on any atom is 0.153 e. The summed E-state index contributed by atoms with van der Waals surface area (Å²) < 4.78 is 11.0. The minimum absolute atomic E-state index is 0.0379. The molecule has 0 aromatic carbocycles. The minimum atomic E-state index is -0.341. The Morgan fingerprint density at radius 1 is 0.950 bits per heavy atom. The number of halogens is 2. The van der Waals surface area contributed by atoms with Gasteiger partial charge < -0.3 is 8.83 Å². The number of rotatable bonds is 6. The van der Waals surface area contributed by atoms with Crippen LogP contribution in [-0.4, -0.2) is 5.78 Å². The normalized spacial score (nSPS) is 14.2. The number of ketones is 1. The van der Waals surface area contributed by atoms with E-state index in [2.05, 4.69) is 0 Å². The molecule has 2 aromatic rings. The average Bonchev–Trinajstić information content (AvgIpc) is 3.13. The van der Waals surface area contributed by atoms with Gasteiger partial charge in [-0.2, -0.15) is 0 Å². The Bertz CT molecular complexity index is 535. The fourth-order valence-corrected chi connectivity index (χ4v) is 2.34. The van der Waals surface area contributed by atoms with Crippen LogP contribution in [0.1, 0.15) is 48.7 Å². The van der Waals surface area contributed by atoms with Gasteiger partial charge in [-0.3, -0.25) is 4.79 Å². The van der Waals surface area contributed by atoms with Crippen LogP contribution in [0.2, 0.25) is 0 Å². The zero-order valence-electron chi connectivity index (χ0n) is 11.4. The Morgan fingerprint density at radius 3 is 1.65 bits per heavy atom. The fourth-order valence-electron chi connectivity index (χ4n) is 2.05. The van der Waals surface area contributed by atoms with Crippen molar-refractivity contribution in [2.75, 3.05) is 0 Å². The van der Waals surface area contributed by atoms with E-state index in [1.165, 1.54) is 0 Å². The van der Waals surface area contributed by atoms with Gasteiger partial charge in [0.25, 0.3) is 0 Å². The summed E-state index contributed by atoms with van der Waals surface area (Å²) in [6.45, 7) is 3.64. The molecule has 0 saturated carbocycles. The maximum absolute atomic E-state index is 12.5. The highest BCUT2D eigenvalue weighted by Gasteiger charge is 2.27. The lowest BCUT2D eigenvalue weighted by Gasteiger charge is -2.12. The van der Waals surface area contributed by atoms with E-state index in [-0.39, 0.29) is 17.6 Å². The lowest BCUT2D eigenvalue weighted by atomic mass is 9.92. The lowest BCUT2D eigenvalue weighted by molar-refractivity contribution is -0.121. The Hall–Kier alpha value is -1.19. The van der Waals surface area contributed by atoms with Gasteiger partial charge >= 0.3 is 0 Å². The van der Waals surface area contributed by atoms with Crippen molar-refractivity contribution < 1.29 is 13.6 Å². The molecule has 0 saturated heterocycles. The molecule has 5 heteroatoms. The summed E-state index contributed by atoms with van der Waals surface area (Å²) in [5.74, 6) is 2.53. The van der Waals surface area contributed by atoms with Crippen molar-refractivity contribution >= 4 is 29.0 Å². The highest BCUT2D eigenvalue weighted by molar-refractivity contribution is 6.17. The van der Waals surface area contributed by atoms with Crippen molar-refractivity contribution in [3.05, 3.63) is 47.3 Å². The monoisotopic (exact) mass is 314 g/mol. The first-order chi connectivity index (χ1) is 9.56. The molecule has 0 amide bonds. The summed E-state index contributed by atoms with van der Waals surface area (Å²) in [7, 11) is 0. The van der Waals surface area contributed by atoms with Crippen LogP contribution in [0.25, 0.3) is 0 Å². The highest BCUT2D eigenvalue weighted by atomic mass is 35.5. The van der Waals surface area contributed by atoms with Gasteiger partial charge in [0, 0.05) is 0 Å². The summed E-state index contributed by atoms with van der Waals surface area (Å²) in [6.07, 6.45) is 0. The number of carbonyl (C=O) groups is 1. The van der Waals surface area contributed by atoms with Crippen molar-refractivity contribution in [3.8, 4) is 0 Å². The zero-order chi connectivity index (χ0) is 14.7. The van der Waals surface area contributed by atoms with Gasteiger partial charge in [-0.1, -0.05) is 0 Å². The molecule has 2 aromatic heterocycles. The van der Waals surface area contributed by atoms with E-state index in [1.54, 1.807) is 24.3 Å². The van der Waals surface area contributed by atoms with Gasteiger partial charge in [0.2, 0.25) is 0 Å². The van der Waals surface area contributed by atoms with Gasteiger partial charge in [-0.15, -0.1) is 23.2 Å². The third kappa shape index (κ3) is 3.10. The second-order valence-electron chi connectivity index (χ2n) is 4.72. The molecule has 0 bridgehead atoms. The van der Waals surface area contributed by atoms with Crippen LogP contribution in [0.4, 0.5) is 0 Å². The Balaban J connectivity index is 2.13. The van der Waals surface area contributed by atoms with E-state index < -0.39 is 0 Å². The maximum atomic E-state index is 12.5. The number of hydrogen-bond donors (Lipinski definition) is 0. The number of hydrogen-bond acceptors (Lipinski definition) is 3. The molecule has 0 fully saturated rings. The smallest absolute Gasteiger partial charge is 0.153 e. The van der Waals surface area contributed by atoms with E-state index in [9.17, 15) is 4.79 Å². The van der Waals surface area contributed by atoms with Crippen LogP contribution in [0, 0.1) is 0 Å². The van der Waals surface area contributed by atoms with Gasteiger partial charge in [0.1, 0.15) is 23.0 Å². The summed E-state index contributed by atoms with van der Waals surface area (Å²) in [5, 5.41) is 0. The number of furan rings is 2. The van der Waals surface area contributed by atoms with Crippen LogP contribution >= 0.6 is 23.2 Å². The van der Waals surface area contributed by atoms with E-state index in [4.69, 9.17) is 32.0 Å². The quantitative estimate of drug-likeness (QED) is 0.717. The third-order valence-corrected chi connectivity index (χ3v) is 3.86. The van der Waals surface area contributed by atoms with Gasteiger partial charge in [-0.25, -0.2) is 0 Å². The van der Waals surface area contributed by atoms with E-state index >= 15 is 0 Å².